The molecule has 1 fully saturated rings. The van der Waals surface area contributed by atoms with E-state index in [0.717, 1.165) is 14.0 Å². The summed E-state index contributed by atoms with van der Waals surface area (Å²) in [6.45, 7) is -15.5. The second kappa shape index (κ2) is 16.7. The van der Waals surface area contributed by atoms with Crippen LogP contribution >= 0.6 is 11.8 Å². The second-order valence-corrected chi connectivity index (χ2v) is 11.6. The third-order valence-electron chi connectivity index (χ3n) is 6.99. The van der Waals surface area contributed by atoms with Gasteiger partial charge < -0.3 is 19.1 Å². The van der Waals surface area contributed by atoms with E-state index in [1.807, 2.05) is 0 Å². The molecule has 0 atom stereocenters. The first kappa shape index (κ1) is 17.3. The van der Waals surface area contributed by atoms with Crippen molar-refractivity contribution >= 4 is 28.6 Å². The Morgan fingerprint density at radius 2 is 1.70 bits per heavy atom. The number of piperidine rings is 1. The van der Waals surface area contributed by atoms with Gasteiger partial charge in [0.15, 0.2) is 17.1 Å². The Kier molecular flexibility index (Phi) is 5.44. The van der Waals surface area contributed by atoms with Crippen molar-refractivity contribution in [3.8, 4) is 11.1 Å². The molecule has 2 heterocycles. The third kappa shape index (κ3) is 9.17. The fourth-order valence-electron chi connectivity index (χ4n) is 4.44. The number of pyridine rings is 1. The van der Waals surface area contributed by atoms with Gasteiger partial charge in [-0.25, -0.2) is 8.78 Å². The number of nitrogens with zero attached hydrogens (tertiary/aromatic N) is 3. The number of halogens is 5. The fraction of sp³-hybridized carbons (Fsp3) is 0.317. The normalized spacial score (nSPS) is 25.9. The van der Waals surface area contributed by atoms with E-state index >= 15 is 9.18 Å². The molecule has 6 nitrogen and oxygen atoms in total. The summed E-state index contributed by atoms with van der Waals surface area (Å²) in [5.74, 6) is -7.35. The molecule has 1 aliphatic heterocycles. The number of hydrogen-bond acceptors (Lipinski definition) is 5. The van der Waals surface area contributed by atoms with Gasteiger partial charge in [0.1, 0.15) is 6.54 Å². The Hall–Kier alpha value is -4.52. The number of benzene rings is 4. The standard InChI is InChI=1S/C41H40F5N3O3S/c1-27-6-15-36-34(22-27)37(50)23-39(53-26-31-4-3-5-35(42)40(31)43)49(36)25-38(51)48(33-16-18-47(19-17-33)20-21-52-2)24-28-7-9-29(10-8-28)30-11-13-32(14-12-30)41(44,45)46/h3-15,22-23,33H,16-21,24-26H2,1-2H3/i3D,4D,5D,6D,7D,8D,9D,10D,11D,12D,13D,14D,15D,16D2,17D2,18D2,19D2,22D,23D,24D2,33D. The van der Waals surface area contributed by atoms with Crippen molar-refractivity contribution in [1.29, 1.82) is 0 Å². The summed E-state index contributed by atoms with van der Waals surface area (Å²) in [6, 6.07) is -26.4. The summed E-state index contributed by atoms with van der Waals surface area (Å²) in [5, 5.41) is -2.00. The summed E-state index contributed by atoms with van der Waals surface area (Å²) in [6.07, 6.45) is -14.6. The highest BCUT2D eigenvalue weighted by atomic mass is 32.2. The van der Waals surface area contributed by atoms with Crippen LogP contribution in [0.1, 0.15) is 70.6 Å². The average molecular weight is 776 g/mol. The molecule has 1 aromatic heterocycles. The molecule has 1 aliphatic rings. The lowest BCUT2D eigenvalue weighted by Crippen LogP contribution is -2.48. The highest BCUT2D eigenvalue weighted by Gasteiger charge is 2.31. The number of ether oxygens (including phenoxy) is 1. The number of aromatic nitrogens is 1. The second-order valence-electron chi connectivity index (χ2n) is 10.6. The molecule has 53 heavy (non-hydrogen) atoms. The van der Waals surface area contributed by atoms with Gasteiger partial charge >= 0.3 is 6.18 Å². The number of hydrogen-bond donors (Lipinski definition) is 0. The zero-order valence-electron chi connectivity index (χ0n) is 53.2. The summed E-state index contributed by atoms with van der Waals surface area (Å²) in [4.78, 5) is 28.8. The zero-order valence-corrected chi connectivity index (χ0v) is 28.0. The third-order valence-corrected chi connectivity index (χ3v) is 8.02. The zero-order chi connectivity index (χ0) is 60.6. The Morgan fingerprint density at radius 3 is 2.36 bits per heavy atom. The van der Waals surface area contributed by atoms with Gasteiger partial charge in [-0.05, 0) is 66.6 Å². The van der Waals surface area contributed by atoms with Gasteiger partial charge in [0.05, 0.1) is 47.4 Å². The van der Waals surface area contributed by atoms with Crippen LogP contribution < -0.4 is 5.43 Å². The number of carbonyl (C=O) groups is 1. The van der Waals surface area contributed by atoms with E-state index in [4.69, 9.17) is 30.8 Å². The maximum Gasteiger partial charge on any atom is 0.416 e. The molecule has 0 radical (unpaired) electrons. The van der Waals surface area contributed by atoms with Gasteiger partial charge in [-0.2, -0.15) is 13.2 Å². The minimum atomic E-state index is -5.54. The number of methoxy groups -OCH3 is 1. The SMILES string of the molecule is [2H]c1c([2H])c(F)c(F)c(CSc2c([2H])c(=O)c3c([2H])c(C)c([2H])c([2H])c3n2CC(=O)N(C([2H])([2H])c2c([2H])c([2H])c(-c3c([2H])c([2H])c(C(F)(F)F)c([2H])c3[2H])c([2H])c2[2H])C2([2H])C([2H])([2H])C([2H])([2H])N(CCOC)C([2H])([2H])C2([2H])[2H])c1[2H]. The van der Waals surface area contributed by atoms with E-state index in [-0.39, 0.29) is 16.7 Å². The van der Waals surface area contributed by atoms with Crippen molar-refractivity contribution in [2.75, 3.05) is 33.3 Å². The van der Waals surface area contributed by atoms with E-state index in [9.17, 15) is 32.0 Å². The molecule has 4 aromatic carbocycles. The maximum atomic E-state index is 15.7. The van der Waals surface area contributed by atoms with E-state index in [1.54, 1.807) is 0 Å². The number of carbonyl (C=O) groups excluding carboxylic acids is 1. The number of alkyl halides is 3. The molecule has 0 bridgehead atoms. The minimum Gasteiger partial charge on any atom is -0.383 e. The van der Waals surface area contributed by atoms with Crippen molar-refractivity contribution < 1.29 is 67.1 Å². The number of amides is 1. The van der Waals surface area contributed by atoms with Crippen LogP contribution in [0.5, 0.6) is 0 Å². The first-order chi connectivity index (χ1) is 35.9. The fourth-order valence-corrected chi connectivity index (χ4v) is 5.39. The Balaban J connectivity index is 1.78. The molecule has 1 saturated heterocycles. The highest BCUT2D eigenvalue weighted by molar-refractivity contribution is 7.98. The van der Waals surface area contributed by atoms with Crippen LogP contribution in [0.2, 0.25) is 0 Å². The van der Waals surface area contributed by atoms with Crippen molar-refractivity contribution in [3.05, 3.63) is 135 Å². The molecule has 0 N–H and O–H groups in total. The van der Waals surface area contributed by atoms with Gasteiger partial charge in [-0.3, -0.25) is 9.59 Å². The molecule has 278 valence electrons. The average Bonchev–Trinajstić information content (AvgIpc) is 3.37. The molecule has 6 rings (SSSR count). The molecule has 12 heteroatoms. The van der Waals surface area contributed by atoms with Gasteiger partial charge in [0.2, 0.25) is 5.91 Å². The predicted octanol–water partition coefficient (Wildman–Crippen LogP) is 8.71. The lowest BCUT2D eigenvalue weighted by molar-refractivity contribution is -0.137. The van der Waals surface area contributed by atoms with Crippen LogP contribution in [0.3, 0.4) is 0 Å². The van der Waals surface area contributed by atoms with Crippen LogP contribution in [0.15, 0.2) is 100 Å². The molecule has 5 aromatic rings. The van der Waals surface area contributed by atoms with E-state index in [1.165, 1.54) is 0 Å². The Bertz CT molecular complexity index is 3380. The summed E-state index contributed by atoms with van der Waals surface area (Å²) in [7, 11) is 1.02. The first-order valence-corrected chi connectivity index (χ1v) is 15.9. The highest BCUT2D eigenvalue weighted by Crippen LogP contribution is 2.32. The quantitative estimate of drug-likeness (QED) is 0.0939. The van der Waals surface area contributed by atoms with Gasteiger partial charge in [-0.15, -0.1) is 11.8 Å². The summed E-state index contributed by atoms with van der Waals surface area (Å²) >= 11 is 0.0170. The number of likely N-dealkylation sites (tertiary alicyclic amines) is 1. The van der Waals surface area contributed by atoms with Crippen molar-refractivity contribution in [2.45, 2.75) is 55.7 Å². The largest absolute Gasteiger partial charge is 0.416 e. The van der Waals surface area contributed by atoms with Gasteiger partial charge in [-0.1, -0.05) is 59.9 Å². The molecule has 1 amide bonds. The van der Waals surface area contributed by atoms with E-state index < -0.39 is 238 Å². The minimum absolute atomic E-state index is 0.0170. The van der Waals surface area contributed by atoms with Crippen LogP contribution in [-0.4, -0.2) is 59.5 Å². The smallest absolute Gasteiger partial charge is 0.383 e. The molecular formula is C41H40F5N3O3S. The molecule has 0 saturated carbocycles. The lowest BCUT2D eigenvalue weighted by atomic mass is 10.00. The molecule has 0 spiro atoms. The summed E-state index contributed by atoms with van der Waals surface area (Å²) < 4.78 is 307. The number of thioether (sulfide) groups is 1. The monoisotopic (exact) mass is 775 g/mol. The van der Waals surface area contributed by atoms with E-state index in [2.05, 4.69) is 0 Å². The Morgan fingerprint density at radius 1 is 1.02 bits per heavy atom. The number of fused-ring (bicyclic) bond motifs is 1. The lowest BCUT2D eigenvalue weighted by Gasteiger charge is -2.39. The summed E-state index contributed by atoms with van der Waals surface area (Å²) in [5.41, 5.74) is -10.7. The first-order valence-electron chi connectivity index (χ1n) is 27.9. The van der Waals surface area contributed by atoms with Crippen molar-refractivity contribution in [3.63, 3.8) is 0 Å². The van der Waals surface area contributed by atoms with Crippen molar-refractivity contribution in [1.82, 2.24) is 14.4 Å². The Labute approximate surface area is 345 Å². The van der Waals surface area contributed by atoms with Gasteiger partial charge in [0, 0.05) is 72.9 Å². The molecule has 0 unspecified atom stereocenters. The molecular weight excluding hydrogens is 710 g/mol. The maximum absolute atomic E-state index is 15.7. The number of rotatable bonds is 12. The van der Waals surface area contributed by atoms with Gasteiger partial charge in [0.25, 0.3) is 0 Å². The van der Waals surface area contributed by atoms with Crippen LogP contribution in [-0.2, 0) is 34.5 Å². The van der Waals surface area contributed by atoms with Crippen molar-refractivity contribution in [2.24, 2.45) is 0 Å². The predicted molar refractivity (Wildman–Crippen MR) is 198 cm³/mol. The van der Waals surface area contributed by atoms with E-state index in [0.29, 0.717) is 4.57 Å². The molecule has 0 aliphatic carbocycles. The van der Waals surface area contributed by atoms with Crippen LogP contribution in [0.4, 0.5) is 22.0 Å². The van der Waals surface area contributed by atoms with Crippen LogP contribution in [0, 0.1) is 18.6 Å². The van der Waals surface area contributed by atoms with Crippen LogP contribution in [0.25, 0.3) is 22.0 Å². The topological polar surface area (TPSA) is 54.8 Å².